The molecule has 1 aromatic heterocycles. The quantitative estimate of drug-likeness (QED) is 0.846. The highest BCUT2D eigenvalue weighted by atomic mass is 35.5. The molecule has 0 atom stereocenters. The van der Waals surface area contributed by atoms with Crippen LogP contribution in [0.5, 0.6) is 0 Å². The SMILES string of the molecule is OCCN1CCN(Cc2nnc(Cl)s2)CC1. The second-order valence-corrected chi connectivity index (χ2v) is 5.43. The van der Waals surface area contributed by atoms with E-state index in [4.69, 9.17) is 16.7 Å². The molecule has 1 saturated heterocycles. The molecule has 2 rings (SSSR count). The molecule has 0 unspecified atom stereocenters. The van der Waals surface area contributed by atoms with E-state index in [-0.39, 0.29) is 6.61 Å². The van der Waals surface area contributed by atoms with Crippen molar-refractivity contribution in [3.8, 4) is 0 Å². The molecule has 16 heavy (non-hydrogen) atoms. The van der Waals surface area contributed by atoms with Crippen molar-refractivity contribution in [2.45, 2.75) is 6.54 Å². The first-order chi connectivity index (χ1) is 7.78. The zero-order valence-electron chi connectivity index (χ0n) is 8.97. The van der Waals surface area contributed by atoms with E-state index in [1.807, 2.05) is 0 Å². The van der Waals surface area contributed by atoms with Gasteiger partial charge in [0, 0.05) is 32.7 Å². The molecular formula is C9H15ClN4OS. The van der Waals surface area contributed by atoms with Gasteiger partial charge in [-0.15, -0.1) is 10.2 Å². The van der Waals surface area contributed by atoms with Gasteiger partial charge in [-0.05, 0) is 11.6 Å². The minimum Gasteiger partial charge on any atom is -0.395 e. The summed E-state index contributed by atoms with van der Waals surface area (Å²) in [5.74, 6) is 0. The number of aromatic nitrogens is 2. The van der Waals surface area contributed by atoms with Gasteiger partial charge in [0.05, 0.1) is 13.2 Å². The van der Waals surface area contributed by atoms with E-state index in [1.54, 1.807) is 0 Å². The van der Waals surface area contributed by atoms with Crippen LogP contribution in [-0.2, 0) is 6.54 Å². The van der Waals surface area contributed by atoms with E-state index in [0.717, 1.165) is 44.3 Å². The number of β-amino-alcohol motifs (C(OH)–C–C–N with tert-alkyl or cyclic N) is 1. The molecule has 1 aliphatic heterocycles. The Morgan fingerprint density at radius 1 is 1.19 bits per heavy atom. The van der Waals surface area contributed by atoms with Crippen molar-refractivity contribution in [2.75, 3.05) is 39.3 Å². The molecule has 0 aromatic carbocycles. The van der Waals surface area contributed by atoms with Gasteiger partial charge in [0.1, 0.15) is 5.01 Å². The first-order valence-corrected chi connectivity index (χ1v) is 6.51. The molecular weight excluding hydrogens is 248 g/mol. The van der Waals surface area contributed by atoms with Gasteiger partial charge < -0.3 is 5.11 Å². The number of nitrogens with zero attached hydrogens (tertiary/aromatic N) is 4. The molecule has 1 aliphatic rings. The summed E-state index contributed by atoms with van der Waals surface area (Å²) >= 11 is 7.17. The molecule has 90 valence electrons. The highest BCUT2D eigenvalue weighted by Gasteiger charge is 2.17. The van der Waals surface area contributed by atoms with Gasteiger partial charge in [-0.1, -0.05) is 11.3 Å². The van der Waals surface area contributed by atoms with E-state index < -0.39 is 0 Å². The van der Waals surface area contributed by atoms with Crippen LogP contribution in [-0.4, -0.2) is 64.4 Å². The van der Waals surface area contributed by atoms with Gasteiger partial charge >= 0.3 is 0 Å². The fraction of sp³-hybridized carbons (Fsp3) is 0.778. The third-order valence-corrected chi connectivity index (χ3v) is 3.69. The van der Waals surface area contributed by atoms with Crippen LogP contribution in [0.1, 0.15) is 5.01 Å². The van der Waals surface area contributed by atoms with Crippen LogP contribution in [0, 0.1) is 0 Å². The lowest BCUT2D eigenvalue weighted by atomic mass is 10.3. The first-order valence-electron chi connectivity index (χ1n) is 5.31. The Bertz CT molecular complexity index is 327. The van der Waals surface area contributed by atoms with Crippen molar-refractivity contribution in [1.82, 2.24) is 20.0 Å². The fourth-order valence-electron chi connectivity index (χ4n) is 1.80. The Morgan fingerprint density at radius 2 is 1.88 bits per heavy atom. The molecule has 0 spiro atoms. The first kappa shape index (κ1) is 12.2. The van der Waals surface area contributed by atoms with E-state index in [1.165, 1.54) is 11.3 Å². The van der Waals surface area contributed by atoms with Gasteiger partial charge in [-0.3, -0.25) is 9.80 Å². The smallest absolute Gasteiger partial charge is 0.207 e. The maximum atomic E-state index is 8.84. The number of halogens is 1. The summed E-state index contributed by atoms with van der Waals surface area (Å²) in [4.78, 5) is 4.61. The maximum Gasteiger partial charge on any atom is 0.207 e. The van der Waals surface area contributed by atoms with Crippen LogP contribution >= 0.6 is 22.9 Å². The van der Waals surface area contributed by atoms with Crippen LogP contribution in [0.15, 0.2) is 0 Å². The third-order valence-electron chi connectivity index (χ3n) is 2.68. The molecule has 1 aromatic rings. The molecule has 0 bridgehead atoms. The summed E-state index contributed by atoms with van der Waals surface area (Å²) in [5.41, 5.74) is 0. The van der Waals surface area contributed by atoms with Crippen LogP contribution in [0.4, 0.5) is 0 Å². The third kappa shape index (κ3) is 3.36. The van der Waals surface area contributed by atoms with Gasteiger partial charge in [0.15, 0.2) is 0 Å². The van der Waals surface area contributed by atoms with Crippen LogP contribution in [0.25, 0.3) is 0 Å². The fourth-order valence-corrected chi connectivity index (χ4v) is 2.71. The number of aliphatic hydroxyl groups excluding tert-OH is 1. The molecule has 1 N–H and O–H groups in total. The monoisotopic (exact) mass is 262 g/mol. The molecule has 0 saturated carbocycles. The highest BCUT2D eigenvalue weighted by molar-refractivity contribution is 7.15. The normalized spacial score (nSPS) is 19.1. The Kier molecular flexibility index (Phi) is 4.48. The highest BCUT2D eigenvalue weighted by Crippen LogP contribution is 2.17. The zero-order chi connectivity index (χ0) is 11.4. The standard InChI is InChI=1S/C9H15ClN4OS/c10-9-12-11-8(16-9)7-14-3-1-13(2-4-14)5-6-15/h15H,1-7H2. The van der Waals surface area contributed by atoms with Crippen molar-refractivity contribution in [2.24, 2.45) is 0 Å². The maximum absolute atomic E-state index is 8.84. The van der Waals surface area contributed by atoms with Crippen molar-refractivity contribution in [3.05, 3.63) is 9.47 Å². The van der Waals surface area contributed by atoms with Crippen molar-refractivity contribution in [1.29, 1.82) is 0 Å². The minimum atomic E-state index is 0.242. The van der Waals surface area contributed by atoms with Gasteiger partial charge in [-0.25, -0.2) is 0 Å². The topological polar surface area (TPSA) is 52.5 Å². The average molecular weight is 263 g/mol. The van der Waals surface area contributed by atoms with E-state index in [9.17, 15) is 0 Å². The van der Waals surface area contributed by atoms with Gasteiger partial charge in [0.2, 0.25) is 4.47 Å². The van der Waals surface area contributed by atoms with E-state index >= 15 is 0 Å². The Hall–Kier alpha value is -0.270. The molecule has 2 heterocycles. The second-order valence-electron chi connectivity index (χ2n) is 3.79. The summed E-state index contributed by atoms with van der Waals surface area (Å²) in [7, 11) is 0. The summed E-state index contributed by atoms with van der Waals surface area (Å²) in [5, 5.41) is 17.6. The number of hydrogen-bond donors (Lipinski definition) is 1. The number of rotatable bonds is 4. The lowest BCUT2D eigenvalue weighted by Crippen LogP contribution is -2.46. The molecule has 1 fully saturated rings. The number of piperazine rings is 1. The van der Waals surface area contributed by atoms with Crippen molar-refractivity contribution in [3.63, 3.8) is 0 Å². The zero-order valence-corrected chi connectivity index (χ0v) is 10.5. The van der Waals surface area contributed by atoms with Crippen LogP contribution in [0.3, 0.4) is 0 Å². The molecule has 5 nitrogen and oxygen atoms in total. The summed E-state index contributed by atoms with van der Waals surface area (Å²) in [6, 6.07) is 0. The van der Waals surface area contributed by atoms with E-state index in [2.05, 4.69) is 20.0 Å². The predicted octanol–water partition coefficient (Wildman–Crippen LogP) is 0.301. The molecule has 7 heteroatoms. The van der Waals surface area contributed by atoms with Gasteiger partial charge in [0.25, 0.3) is 0 Å². The Labute approximate surface area is 104 Å². The number of hydrogen-bond acceptors (Lipinski definition) is 6. The van der Waals surface area contributed by atoms with Crippen molar-refractivity contribution >= 4 is 22.9 Å². The minimum absolute atomic E-state index is 0.242. The lowest BCUT2D eigenvalue weighted by Gasteiger charge is -2.33. The number of aliphatic hydroxyl groups is 1. The van der Waals surface area contributed by atoms with Crippen LogP contribution in [0.2, 0.25) is 4.47 Å². The second kappa shape index (κ2) is 5.88. The van der Waals surface area contributed by atoms with Crippen molar-refractivity contribution < 1.29 is 5.11 Å². The molecule has 0 amide bonds. The summed E-state index contributed by atoms with van der Waals surface area (Å²) in [6.45, 7) is 5.89. The van der Waals surface area contributed by atoms with Crippen LogP contribution < -0.4 is 0 Å². The summed E-state index contributed by atoms with van der Waals surface area (Å²) in [6.07, 6.45) is 0. The molecule has 0 radical (unpaired) electrons. The summed E-state index contributed by atoms with van der Waals surface area (Å²) < 4.78 is 0.508. The Morgan fingerprint density at radius 3 is 2.44 bits per heavy atom. The van der Waals surface area contributed by atoms with E-state index in [0.29, 0.717) is 4.47 Å². The molecule has 0 aliphatic carbocycles. The lowest BCUT2D eigenvalue weighted by molar-refractivity contribution is 0.108. The average Bonchev–Trinajstić information content (AvgIpc) is 2.67. The Balaban J connectivity index is 1.77. The van der Waals surface area contributed by atoms with Gasteiger partial charge in [-0.2, -0.15) is 0 Å². The largest absolute Gasteiger partial charge is 0.395 e. The predicted molar refractivity (Wildman–Crippen MR) is 63.7 cm³/mol.